The van der Waals surface area contributed by atoms with E-state index in [0.717, 1.165) is 0 Å². The number of nitro groups is 1. The highest BCUT2D eigenvalue weighted by Crippen LogP contribution is 2.17. The lowest BCUT2D eigenvalue weighted by Crippen LogP contribution is -2.57. The number of likely N-dealkylation sites (tertiary alicyclic amines) is 1. The number of hydrogen-bond acceptors (Lipinski definition) is 4. The average molecular weight is 221 g/mol. The number of non-ortho nitro benzene ring substituents is 1. The Kier molecular flexibility index (Phi) is 2.57. The Labute approximate surface area is 91.8 Å². The van der Waals surface area contributed by atoms with Gasteiger partial charge in [-0.15, -0.1) is 0 Å². The summed E-state index contributed by atoms with van der Waals surface area (Å²) in [7, 11) is 0. The third-order valence-corrected chi connectivity index (χ3v) is 2.50. The number of rotatable bonds is 2. The summed E-state index contributed by atoms with van der Waals surface area (Å²) in [5, 5.41) is 10.5. The van der Waals surface area contributed by atoms with Crippen molar-refractivity contribution in [1.29, 1.82) is 0 Å². The number of nitrogens with two attached hydrogens (primary N) is 1. The largest absolute Gasteiger partial charge is 0.335 e. The Morgan fingerprint density at radius 2 is 2.19 bits per heavy atom. The number of amides is 1. The van der Waals surface area contributed by atoms with Gasteiger partial charge in [-0.2, -0.15) is 0 Å². The molecular formula is C10H11N3O3. The Hall–Kier alpha value is -1.95. The van der Waals surface area contributed by atoms with Crippen LogP contribution in [0.5, 0.6) is 0 Å². The predicted octanol–water partition coefficient (Wildman–Crippen LogP) is 0.378. The molecule has 6 heteroatoms. The molecule has 1 aromatic rings. The van der Waals surface area contributed by atoms with E-state index in [9.17, 15) is 14.9 Å². The van der Waals surface area contributed by atoms with E-state index in [2.05, 4.69) is 0 Å². The SMILES string of the molecule is NC1CN(C(=O)c2cccc([N+](=O)[O-])c2)C1. The highest BCUT2D eigenvalue weighted by Gasteiger charge is 2.28. The molecule has 2 rings (SSSR count). The lowest BCUT2D eigenvalue weighted by Gasteiger charge is -2.36. The topological polar surface area (TPSA) is 89.5 Å². The maximum absolute atomic E-state index is 11.8. The van der Waals surface area contributed by atoms with Gasteiger partial charge < -0.3 is 10.6 Å². The molecule has 1 aromatic carbocycles. The smallest absolute Gasteiger partial charge is 0.270 e. The van der Waals surface area contributed by atoms with Crippen molar-refractivity contribution >= 4 is 11.6 Å². The third-order valence-electron chi connectivity index (χ3n) is 2.50. The Bertz CT molecular complexity index is 441. The van der Waals surface area contributed by atoms with Crippen LogP contribution >= 0.6 is 0 Å². The molecule has 0 bridgehead atoms. The second-order valence-corrected chi connectivity index (χ2v) is 3.78. The van der Waals surface area contributed by atoms with Crippen LogP contribution in [-0.2, 0) is 0 Å². The van der Waals surface area contributed by atoms with Gasteiger partial charge in [0.1, 0.15) is 0 Å². The number of carbonyl (C=O) groups is 1. The fourth-order valence-corrected chi connectivity index (χ4v) is 1.61. The molecule has 0 spiro atoms. The summed E-state index contributed by atoms with van der Waals surface area (Å²) in [6, 6.07) is 5.75. The van der Waals surface area contributed by atoms with Gasteiger partial charge in [0.15, 0.2) is 0 Å². The summed E-state index contributed by atoms with van der Waals surface area (Å²) in [6.45, 7) is 1.03. The number of nitro benzene ring substituents is 1. The highest BCUT2D eigenvalue weighted by atomic mass is 16.6. The van der Waals surface area contributed by atoms with Crippen LogP contribution in [0.2, 0.25) is 0 Å². The Morgan fingerprint density at radius 3 is 2.75 bits per heavy atom. The normalized spacial score (nSPS) is 15.7. The molecule has 84 valence electrons. The molecule has 1 aliphatic heterocycles. The molecule has 1 saturated heterocycles. The van der Waals surface area contributed by atoms with Gasteiger partial charge in [-0.1, -0.05) is 6.07 Å². The van der Waals surface area contributed by atoms with Crippen molar-refractivity contribution in [3.63, 3.8) is 0 Å². The van der Waals surface area contributed by atoms with Crippen LogP contribution in [0.3, 0.4) is 0 Å². The van der Waals surface area contributed by atoms with Crippen molar-refractivity contribution in [2.75, 3.05) is 13.1 Å². The molecule has 2 N–H and O–H groups in total. The maximum atomic E-state index is 11.8. The Morgan fingerprint density at radius 1 is 1.50 bits per heavy atom. The van der Waals surface area contributed by atoms with Crippen LogP contribution in [0.1, 0.15) is 10.4 Å². The fraction of sp³-hybridized carbons (Fsp3) is 0.300. The number of hydrogen-bond donors (Lipinski definition) is 1. The summed E-state index contributed by atoms with van der Waals surface area (Å²) in [4.78, 5) is 23.4. The van der Waals surface area contributed by atoms with E-state index in [1.165, 1.54) is 18.2 Å². The summed E-state index contributed by atoms with van der Waals surface area (Å²) in [5.74, 6) is -0.203. The lowest BCUT2D eigenvalue weighted by molar-refractivity contribution is -0.384. The summed E-state index contributed by atoms with van der Waals surface area (Å²) >= 11 is 0. The van der Waals surface area contributed by atoms with Gasteiger partial charge in [-0.05, 0) is 6.07 Å². The predicted molar refractivity (Wildman–Crippen MR) is 57.0 cm³/mol. The first-order chi connectivity index (χ1) is 7.58. The zero-order valence-corrected chi connectivity index (χ0v) is 8.50. The van der Waals surface area contributed by atoms with Gasteiger partial charge in [0.05, 0.1) is 4.92 Å². The molecule has 0 unspecified atom stereocenters. The summed E-state index contributed by atoms with van der Waals surface area (Å²) < 4.78 is 0. The molecule has 1 amide bonds. The van der Waals surface area contributed by atoms with Gasteiger partial charge in [-0.3, -0.25) is 14.9 Å². The number of nitrogens with zero attached hydrogens (tertiary/aromatic N) is 2. The fourth-order valence-electron chi connectivity index (χ4n) is 1.61. The molecular weight excluding hydrogens is 210 g/mol. The van der Waals surface area contributed by atoms with E-state index < -0.39 is 4.92 Å². The van der Waals surface area contributed by atoms with Crippen molar-refractivity contribution in [3.05, 3.63) is 39.9 Å². The second kappa shape index (κ2) is 3.90. The summed E-state index contributed by atoms with van der Waals surface area (Å²) in [6.07, 6.45) is 0. The minimum atomic E-state index is -0.515. The van der Waals surface area contributed by atoms with Gasteiger partial charge in [0, 0.05) is 36.8 Å². The quantitative estimate of drug-likeness (QED) is 0.577. The molecule has 1 fully saturated rings. The molecule has 0 saturated carbocycles. The molecule has 0 atom stereocenters. The first-order valence-corrected chi connectivity index (χ1v) is 4.87. The summed E-state index contributed by atoms with van der Waals surface area (Å²) in [5.41, 5.74) is 5.82. The van der Waals surface area contributed by atoms with Crippen LogP contribution in [0.25, 0.3) is 0 Å². The average Bonchev–Trinajstić information content (AvgIpc) is 2.24. The van der Waals surface area contributed by atoms with E-state index >= 15 is 0 Å². The standard InChI is InChI=1S/C10H11N3O3/c11-8-5-12(6-8)10(14)7-2-1-3-9(4-7)13(15)16/h1-4,8H,5-6,11H2. The van der Waals surface area contributed by atoms with Crippen LogP contribution < -0.4 is 5.73 Å². The van der Waals surface area contributed by atoms with E-state index in [1.54, 1.807) is 11.0 Å². The van der Waals surface area contributed by atoms with Crippen LogP contribution in [0.15, 0.2) is 24.3 Å². The van der Waals surface area contributed by atoms with Crippen LogP contribution in [-0.4, -0.2) is 34.9 Å². The van der Waals surface area contributed by atoms with Crippen molar-refractivity contribution in [1.82, 2.24) is 4.90 Å². The van der Waals surface area contributed by atoms with Crippen molar-refractivity contribution in [2.45, 2.75) is 6.04 Å². The van der Waals surface area contributed by atoms with E-state index in [0.29, 0.717) is 18.7 Å². The highest BCUT2D eigenvalue weighted by molar-refractivity contribution is 5.95. The van der Waals surface area contributed by atoms with Gasteiger partial charge in [0.25, 0.3) is 11.6 Å². The molecule has 0 aliphatic carbocycles. The van der Waals surface area contributed by atoms with Gasteiger partial charge >= 0.3 is 0 Å². The van der Waals surface area contributed by atoms with E-state index in [1.807, 2.05) is 0 Å². The molecule has 16 heavy (non-hydrogen) atoms. The lowest BCUT2D eigenvalue weighted by atomic mass is 10.1. The van der Waals surface area contributed by atoms with Gasteiger partial charge in [-0.25, -0.2) is 0 Å². The molecule has 1 aliphatic rings. The number of benzene rings is 1. The van der Waals surface area contributed by atoms with Gasteiger partial charge in [0.2, 0.25) is 0 Å². The van der Waals surface area contributed by atoms with E-state index in [4.69, 9.17) is 5.73 Å². The monoisotopic (exact) mass is 221 g/mol. The zero-order chi connectivity index (χ0) is 11.7. The van der Waals surface area contributed by atoms with Crippen molar-refractivity contribution < 1.29 is 9.72 Å². The molecule has 0 aromatic heterocycles. The Balaban J connectivity index is 2.17. The van der Waals surface area contributed by atoms with E-state index in [-0.39, 0.29) is 17.6 Å². The minimum absolute atomic E-state index is 0.0302. The van der Waals surface area contributed by atoms with Crippen molar-refractivity contribution in [2.24, 2.45) is 5.73 Å². The zero-order valence-electron chi connectivity index (χ0n) is 8.50. The van der Waals surface area contributed by atoms with Crippen LogP contribution in [0.4, 0.5) is 5.69 Å². The van der Waals surface area contributed by atoms with Crippen LogP contribution in [0, 0.1) is 10.1 Å². The molecule has 1 heterocycles. The first-order valence-electron chi connectivity index (χ1n) is 4.87. The van der Waals surface area contributed by atoms with Crippen molar-refractivity contribution in [3.8, 4) is 0 Å². The minimum Gasteiger partial charge on any atom is -0.335 e. The first kappa shape index (κ1) is 10.6. The number of carbonyl (C=O) groups excluding carboxylic acids is 1. The maximum Gasteiger partial charge on any atom is 0.270 e. The second-order valence-electron chi connectivity index (χ2n) is 3.78. The molecule has 0 radical (unpaired) electrons. The third kappa shape index (κ3) is 1.87. The molecule has 6 nitrogen and oxygen atoms in total.